The highest BCUT2D eigenvalue weighted by Gasteiger charge is 1.93. The summed E-state index contributed by atoms with van der Waals surface area (Å²) in [7, 11) is 1.65. The van der Waals surface area contributed by atoms with Crippen LogP contribution in [0.25, 0.3) is 0 Å². The van der Waals surface area contributed by atoms with E-state index in [2.05, 4.69) is 12.2 Å². The average Bonchev–Trinajstić information content (AvgIpc) is 2.54. The Bertz CT molecular complexity index is 219. The summed E-state index contributed by atoms with van der Waals surface area (Å²) in [5.41, 5.74) is 0. The molecule has 0 radical (unpaired) electrons. The van der Waals surface area contributed by atoms with Crippen molar-refractivity contribution in [3.8, 4) is 0 Å². The van der Waals surface area contributed by atoms with Crippen LogP contribution in [0.15, 0.2) is 12.2 Å². The van der Waals surface area contributed by atoms with E-state index in [-0.39, 0.29) is 0 Å². The summed E-state index contributed by atoms with van der Waals surface area (Å²) in [4.78, 5) is 0. The predicted octanol–water partition coefficient (Wildman–Crippen LogP) is 6.47. The number of methoxy groups -OCH3 is 1. The van der Waals surface area contributed by atoms with Crippen molar-refractivity contribution < 1.29 is 9.47 Å². The molecule has 0 rings (SSSR count). The van der Waals surface area contributed by atoms with Gasteiger partial charge in [0.1, 0.15) is 6.79 Å². The number of hydrogen-bond acceptors (Lipinski definition) is 2. The van der Waals surface area contributed by atoms with Gasteiger partial charge in [0.2, 0.25) is 0 Å². The third kappa shape index (κ3) is 19.9. The minimum absolute atomic E-state index is 0.404. The summed E-state index contributed by atoms with van der Waals surface area (Å²) < 4.78 is 10.0. The summed E-state index contributed by atoms with van der Waals surface area (Å²) in [5, 5.41) is 0. The van der Waals surface area contributed by atoms with Gasteiger partial charge in [-0.15, -0.1) is 11.6 Å². The molecule has 0 atom stereocenters. The second kappa shape index (κ2) is 20.9. The lowest BCUT2D eigenvalue weighted by Gasteiger charge is -2.02. The van der Waals surface area contributed by atoms with Crippen LogP contribution in [0.1, 0.15) is 83.5 Å². The van der Waals surface area contributed by atoms with Crippen LogP contribution in [-0.4, -0.2) is 26.4 Å². The fourth-order valence-corrected chi connectivity index (χ4v) is 2.67. The van der Waals surface area contributed by atoms with E-state index >= 15 is 0 Å². The Hall–Kier alpha value is -0.0500. The number of alkyl halides is 1. The van der Waals surface area contributed by atoms with Gasteiger partial charge in [0, 0.05) is 13.0 Å². The molecule has 0 fully saturated rings. The smallest absolute Gasteiger partial charge is 0.146 e. The molecule has 132 valence electrons. The van der Waals surface area contributed by atoms with Crippen molar-refractivity contribution in [1.29, 1.82) is 0 Å². The number of halogens is 1. The molecule has 0 aromatic carbocycles. The van der Waals surface area contributed by atoms with E-state index in [9.17, 15) is 0 Å². The van der Waals surface area contributed by atoms with Gasteiger partial charge in [-0.1, -0.05) is 69.9 Å². The first kappa shape index (κ1) is 21.9. The molecule has 0 aromatic rings. The highest BCUT2D eigenvalue weighted by atomic mass is 35.5. The molecule has 3 heteroatoms. The zero-order chi connectivity index (χ0) is 16.1. The molecule has 0 aromatic heterocycles. The van der Waals surface area contributed by atoms with Crippen LogP contribution in [0.4, 0.5) is 0 Å². The van der Waals surface area contributed by atoms with E-state index in [0.29, 0.717) is 6.79 Å². The van der Waals surface area contributed by atoms with Gasteiger partial charge < -0.3 is 9.47 Å². The van der Waals surface area contributed by atoms with Gasteiger partial charge in [-0.2, -0.15) is 0 Å². The van der Waals surface area contributed by atoms with Crippen LogP contribution in [-0.2, 0) is 9.47 Å². The molecule has 0 aliphatic heterocycles. The molecule has 0 saturated heterocycles. The molecule has 0 N–H and O–H groups in total. The Balaban J connectivity index is 3.00. The third-order valence-electron chi connectivity index (χ3n) is 3.80. The fraction of sp³-hybridized carbons (Fsp3) is 0.895. The first-order valence-corrected chi connectivity index (χ1v) is 9.73. The van der Waals surface area contributed by atoms with Gasteiger partial charge in [0.25, 0.3) is 0 Å². The van der Waals surface area contributed by atoms with Crippen LogP contribution in [0.2, 0.25) is 0 Å². The largest absolute Gasteiger partial charge is 0.359 e. The summed E-state index contributed by atoms with van der Waals surface area (Å²) in [6.45, 7) is 1.16. The molecule has 0 saturated carbocycles. The Labute approximate surface area is 143 Å². The topological polar surface area (TPSA) is 18.5 Å². The molecular formula is C19H37ClO2. The van der Waals surface area contributed by atoms with Gasteiger partial charge >= 0.3 is 0 Å². The van der Waals surface area contributed by atoms with Crippen LogP contribution < -0.4 is 0 Å². The first-order chi connectivity index (χ1) is 10.9. The van der Waals surface area contributed by atoms with Crippen LogP contribution in [0.5, 0.6) is 0 Å². The minimum atomic E-state index is 0.404. The third-order valence-corrected chi connectivity index (χ3v) is 4.07. The SMILES string of the molecule is COCOCCC=CCCCCCCCCCCCCCCl. The Kier molecular flexibility index (Phi) is 20.9. The number of unbranched alkanes of at least 4 members (excludes halogenated alkanes) is 11. The molecule has 22 heavy (non-hydrogen) atoms. The molecular weight excluding hydrogens is 296 g/mol. The average molecular weight is 333 g/mol. The standard InChI is InChI=1S/C19H37ClO2/c1-21-19-22-18-16-14-12-10-8-6-4-2-3-5-7-9-11-13-15-17-20/h12,14H,2-11,13,15-19H2,1H3. The lowest BCUT2D eigenvalue weighted by Crippen LogP contribution is -1.96. The minimum Gasteiger partial charge on any atom is -0.359 e. The van der Waals surface area contributed by atoms with E-state index in [0.717, 1.165) is 18.9 Å². The molecule has 0 heterocycles. The lowest BCUT2D eigenvalue weighted by atomic mass is 10.1. The van der Waals surface area contributed by atoms with Crippen molar-refractivity contribution in [2.45, 2.75) is 83.5 Å². The summed E-state index contributed by atoms with van der Waals surface area (Å²) in [6.07, 6.45) is 21.8. The second-order valence-corrected chi connectivity index (χ2v) is 6.32. The van der Waals surface area contributed by atoms with Crippen molar-refractivity contribution in [3.63, 3.8) is 0 Å². The molecule has 0 unspecified atom stereocenters. The van der Waals surface area contributed by atoms with Gasteiger partial charge in [0.05, 0.1) is 6.61 Å². The van der Waals surface area contributed by atoms with Crippen molar-refractivity contribution >= 4 is 11.6 Å². The summed E-state index contributed by atoms with van der Waals surface area (Å²) >= 11 is 5.66. The van der Waals surface area contributed by atoms with Gasteiger partial charge in [-0.05, 0) is 25.7 Å². The van der Waals surface area contributed by atoms with E-state index in [4.69, 9.17) is 21.1 Å². The van der Waals surface area contributed by atoms with Crippen molar-refractivity contribution in [2.24, 2.45) is 0 Å². The highest BCUT2D eigenvalue weighted by Crippen LogP contribution is 2.12. The van der Waals surface area contributed by atoms with Crippen molar-refractivity contribution in [1.82, 2.24) is 0 Å². The molecule has 0 bridgehead atoms. The van der Waals surface area contributed by atoms with Gasteiger partial charge in [-0.3, -0.25) is 0 Å². The Morgan fingerprint density at radius 3 is 1.73 bits per heavy atom. The Morgan fingerprint density at radius 2 is 1.18 bits per heavy atom. The maximum Gasteiger partial charge on any atom is 0.146 e. The summed E-state index contributed by atoms with van der Waals surface area (Å²) in [5.74, 6) is 0.830. The van der Waals surface area contributed by atoms with Crippen LogP contribution in [0.3, 0.4) is 0 Å². The highest BCUT2D eigenvalue weighted by molar-refractivity contribution is 6.17. The van der Waals surface area contributed by atoms with Gasteiger partial charge in [-0.25, -0.2) is 0 Å². The summed E-state index contributed by atoms with van der Waals surface area (Å²) in [6, 6.07) is 0. The van der Waals surface area contributed by atoms with Crippen molar-refractivity contribution in [2.75, 3.05) is 26.4 Å². The predicted molar refractivity (Wildman–Crippen MR) is 97.7 cm³/mol. The molecule has 0 aliphatic rings. The molecule has 2 nitrogen and oxygen atoms in total. The van der Waals surface area contributed by atoms with E-state index < -0.39 is 0 Å². The Morgan fingerprint density at radius 1 is 0.682 bits per heavy atom. The maximum absolute atomic E-state index is 5.66. The zero-order valence-electron chi connectivity index (χ0n) is 14.7. The number of ether oxygens (including phenoxy) is 2. The quantitative estimate of drug-likeness (QED) is 0.124. The number of hydrogen-bond donors (Lipinski definition) is 0. The van der Waals surface area contributed by atoms with Crippen LogP contribution in [0, 0.1) is 0 Å². The van der Waals surface area contributed by atoms with Gasteiger partial charge in [0.15, 0.2) is 0 Å². The van der Waals surface area contributed by atoms with E-state index in [1.54, 1.807) is 7.11 Å². The number of allylic oxidation sites excluding steroid dienone is 1. The van der Waals surface area contributed by atoms with Crippen LogP contribution >= 0.6 is 11.6 Å². The van der Waals surface area contributed by atoms with Crippen molar-refractivity contribution in [3.05, 3.63) is 12.2 Å². The lowest BCUT2D eigenvalue weighted by molar-refractivity contribution is -0.0285. The number of rotatable bonds is 18. The first-order valence-electron chi connectivity index (χ1n) is 9.19. The van der Waals surface area contributed by atoms with E-state index in [1.165, 1.54) is 77.0 Å². The zero-order valence-corrected chi connectivity index (χ0v) is 15.4. The normalized spacial score (nSPS) is 11.5. The molecule has 0 spiro atoms. The second-order valence-electron chi connectivity index (χ2n) is 5.94. The molecule has 0 aliphatic carbocycles. The molecule has 0 amide bonds. The fourth-order valence-electron chi connectivity index (χ4n) is 2.48. The van der Waals surface area contributed by atoms with E-state index in [1.807, 2.05) is 0 Å². The monoisotopic (exact) mass is 332 g/mol. The maximum atomic E-state index is 5.66.